The number of aromatic hydroxyl groups is 1. The molecule has 172 valence electrons. The molecule has 0 amide bonds. The molecule has 0 spiro atoms. The van der Waals surface area contributed by atoms with Gasteiger partial charge < -0.3 is 25.4 Å². The highest BCUT2D eigenvalue weighted by atomic mass is 16.3. The number of fused-ring (bicyclic) bond motifs is 1. The summed E-state index contributed by atoms with van der Waals surface area (Å²) >= 11 is 0. The van der Waals surface area contributed by atoms with E-state index in [0.717, 1.165) is 13.0 Å². The minimum atomic E-state index is -0.686. The number of phenolic OH excluding ortho intramolecular Hbond substituents is 1. The zero-order valence-corrected chi connectivity index (χ0v) is 18.7. The van der Waals surface area contributed by atoms with E-state index < -0.39 is 6.10 Å². The van der Waals surface area contributed by atoms with E-state index in [1.807, 2.05) is 0 Å². The van der Waals surface area contributed by atoms with Crippen molar-refractivity contribution in [2.75, 3.05) is 32.7 Å². The Morgan fingerprint density at radius 1 is 0.935 bits per heavy atom. The van der Waals surface area contributed by atoms with Gasteiger partial charge in [0.05, 0.1) is 11.6 Å². The number of hydrogen-bond acceptors (Lipinski definition) is 5. The third kappa shape index (κ3) is 7.63. The van der Waals surface area contributed by atoms with Gasteiger partial charge in [-0.1, -0.05) is 44.6 Å². The zero-order chi connectivity index (χ0) is 21.9. The third-order valence-electron chi connectivity index (χ3n) is 6.38. The molecule has 4 N–H and O–H groups in total. The Labute approximate surface area is 185 Å². The molecule has 0 bridgehead atoms. The first-order valence-corrected chi connectivity index (χ1v) is 12.1. The summed E-state index contributed by atoms with van der Waals surface area (Å²) in [5.74, 6) is 0.0168. The largest absolute Gasteiger partial charge is 0.506 e. The molecule has 1 atom stereocenters. The second-order valence-corrected chi connectivity index (χ2v) is 8.88. The number of aliphatic hydroxyl groups is 1. The molecule has 0 aliphatic carbocycles. The Balaban J connectivity index is 1.24. The van der Waals surface area contributed by atoms with Crippen LogP contribution in [-0.2, 0) is 0 Å². The summed E-state index contributed by atoms with van der Waals surface area (Å²) in [5, 5.41) is 24.5. The molecule has 0 saturated carbocycles. The van der Waals surface area contributed by atoms with Crippen LogP contribution in [0.3, 0.4) is 0 Å². The molecule has 6 nitrogen and oxygen atoms in total. The molecule has 0 unspecified atom stereocenters. The molecule has 1 aliphatic heterocycles. The van der Waals surface area contributed by atoms with Gasteiger partial charge in [-0.3, -0.25) is 4.79 Å². The number of piperidine rings is 1. The van der Waals surface area contributed by atoms with Gasteiger partial charge in [0.2, 0.25) is 5.56 Å². The quantitative estimate of drug-likeness (QED) is 0.361. The average molecular weight is 430 g/mol. The van der Waals surface area contributed by atoms with Crippen molar-refractivity contribution in [2.45, 2.75) is 70.3 Å². The normalized spacial score (nSPS) is 16.0. The highest BCUT2D eigenvalue weighted by Crippen LogP contribution is 2.28. The van der Waals surface area contributed by atoms with Crippen LogP contribution in [0.15, 0.2) is 29.1 Å². The standard InChI is InChI=1S/C25H39N3O3/c29-22-13-11-20(21-12-14-24(31)27-25(21)22)23(30)19-26-15-7-4-2-1-3-5-8-16-28-17-9-6-10-18-28/h11-14,23,26,29-30H,1-10,15-19H2,(H,27,31)/t23-/m1/s1. The maximum atomic E-state index is 11.5. The number of nitrogens with zero attached hydrogens (tertiary/aromatic N) is 1. The molecule has 0 radical (unpaired) electrons. The Morgan fingerprint density at radius 3 is 2.42 bits per heavy atom. The first-order chi connectivity index (χ1) is 15.1. The van der Waals surface area contributed by atoms with Crippen molar-refractivity contribution in [1.29, 1.82) is 0 Å². The fraction of sp³-hybridized carbons (Fsp3) is 0.640. The topological polar surface area (TPSA) is 88.6 Å². The molecule has 1 aromatic heterocycles. The second kappa shape index (κ2) is 12.8. The number of unbranched alkanes of at least 4 members (excludes halogenated alkanes) is 6. The smallest absolute Gasteiger partial charge is 0.248 e. The summed E-state index contributed by atoms with van der Waals surface area (Å²) in [6.45, 7) is 5.25. The highest BCUT2D eigenvalue weighted by Gasteiger charge is 2.13. The number of likely N-dealkylation sites (tertiary alicyclic amines) is 1. The van der Waals surface area contributed by atoms with Crippen LogP contribution in [0.2, 0.25) is 0 Å². The van der Waals surface area contributed by atoms with E-state index >= 15 is 0 Å². The summed E-state index contributed by atoms with van der Waals surface area (Å²) < 4.78 is 0. The number of aliphatic hydroxyl groups excluding tert-OH is 1. The number of phenols is 1. The molecule has 3 rings (SSSR count). The summed E-state index contributed by atoms with van der Waals surface area (Å²) in [6, 6.07) is 6.30. The van der Waals surface area contributed by atoms with Gasteiger partial charge in [-0.25, -0.2) is 0 Å². The predicted molar refractivity (Wildman–Crippen MR) is 127 cm³/mol. The molecule has 1 saturated heterocycles. The van der Waals surface area contributed by atoms with E-state index in [1.54, 1.807) is 12.1 Å². The van der Waals surface area contributed by atoms with Crippen molar-refractivity contribution in [3.63, 3.8) is 0 Å². The molecule has 6 heteroatoms. The van der Waals surface area contributed by atoms with Crippen LogP contribution < -0.4 is 10.9 Å². The van der Waals surface area contributed by atoms with Gasteiger partial charge in [0, 0.05) is 18.0 Å². The first-order valence-electron chi connectivity index (χ1n) is 12.1. The Hall–Kier alpha value is -1.89. The number of aromatic amines is 1. The van der Waals surface area contributed by atoms with Gasteiger partial charge in [-0.15, -0.1) is 0 Å². The number of hydrogen-bond donors (Lipinski definition) is 4. The third-order valence-corrected chi connectivity index (χ3v) is 6.38. The summed E-state index contributed by atoms with van der Waals surface area (Å²) in [7, 11) is 0. The van der Waals surface area contributed by atoms with Crippen molar-refractivity contribution >= 4 is 10.9 Å². The lowest BCUT2D eigenvalue weighted by Crippen LogP contribution is -2.30. The number of pyridine rings is 1. The predicted octanol–water partition coefficient (Wildman–Crippen LogP) is 4.07. The van der Waals surface area contributed by atoms with Crippen molar-refractivity contribution in [2.24, 2.45) is 0 Å². The van der Waals surface area contributed by atoms with E-state index in [-0.39, 0.29) is 11.3 Å². The van der Waals surface area contributed by atoms with Gasteiger partial charge in [0.1, 0.15) is 5.75 Å². The Kier molecular flexibility index (Phi) is 9.85. The van der Waals surface area contributed by atoms with Crippen LogP contribution in [0.5, 0.6) is 5.75 Å². The maximum absolute atomic E-state index is 11.5. The minimum absolute atomic E-state index is 0.0168. The Bertz CT molecular complexity index is 846. The van der Waals surface area contributed by atoms with Crippen molar-refractivity contribution in [1.82, 2.24) is 15.2 Å². The molecule has 1 aliphatic rings. The van der Waals surface area contributed by atoms with Crippen molar-refractivity contribution < 1.29 is 10.2 Å². The molecule has 1 aromatic carbocycles. The lowest BCUT2D eigenvalue weighted by Gasteiger charge is -2.26. The lowest BCUT2D eigenvalue weighted by atomic mass is 10.0. The maximum Gasteiger partial charge on any atom is 0.248 e. The van der Waals surface area contributed by atoms with Crippen molar-refractivity contribution in [3.05, 3.63) is 40.2 Å². The van der Waals surface area contributed by atoms with E-state index in [4.69, 9.17) is 0 Å². The molecule has 1 fully saturated rings. The van der Waals surface area contributed by atoms with E-state index in [9.17, 15) is 15.0 Å². The van der Waals surface area contributed by atoms with Crippen LogP contribution >= 0.6 is 0 Å². The van der Waals surface area contributed by atoms with Gasteiger partial charge >= 0.3 is 0 Å². The first kappa shape index (κ1) is 23.8. The van der Waals surface area contributed by atoms with Crippen LogP contribution in [0.1, 0.15) is 75.9 Å². The second-order valence-electron chi connectivity index (χ2n) is 8.88. The van der Waals surface area contributed by atoms with Gasteiger partial charge in [-0.05, 0) is 69.6 Å². The number of aromatic nitrogens is 1. The summed E-state index contributed by atoms with van der Waals surface area (Å²) in [6.07, 6.45) is 12.5. The molecular weight excluding hydrogens is 390 g/mol. The molecule has 31 heavy (non-hydrogen) atoms. The summed E-state index contributed by atoms with van der Waals surface area (Å²) in [4.78, 5) is 16.8. The van der Waals surface area contributed by atoms with Crippen LogP contribution in [0.25, 0.3) is 10.9 Å². The fourth-order valence-corrected chi connectivity index (χ4v) is 4.55. The van der Waals surface area contributed by atoms with E-state index in [1.165, 1.54) is 89.6 Å². The number of benzene rings is 1. The zero-order valence-electron chi connectivity index (χ0n) is 18.7. The van der Waals surface area contributed by atoms with Crippen molar-refractivity contribution in [3.8, 4) is 5.75 Å². The van der Waals surface area contributed by atoms with Gasteiger partial charge in [0.15, 0.2) is 0 Å². The van der Waals surface area contributed by atoms with E-state index in [2.05, 4.69) is 15.2 Å². The van der Waals surface area contributed by atoms with Gasteiger partial charge in [0.25, 0.3) is 0 Å². The SMILES string of the molecule is O=c1ccc2c([C@H](O)CNCCCCCCCCCN3CCCCC3)ccc(O)c2[nH]1. The molecule has 2 heterocycles. The van der Waals surface area contributed by atoms with Gasteiger partial charge in [-0.2, -0.15) is 0 Å². The number of rotatable bonds is 13. The monoisotopic (exact) mass is 429 g/mol. The fourth-order valence-electron chi connectivity index (χ4n) is 4.55. The average Bonchev–Trinajstić information content (AvgIpc) is 2.78. The number of H-pyrrole nitrogens is 1. The highest BCUT2D eigenvalue weighted by molar-refractivity contribution is 5.87. The summed E-state index contributed by atoms with van der Waals surface area (Å²) in [5.41, 5.74) is 0.815. The van der Waals surface area contributed by atoms with Crippen LogP contribution in [0.4, 0.5) is 0 Å². The lowest BCUT2D eigenvalue weighted by molar-refractivity contribution is 0.176. The number of nitrogens with one attached hydrogen (secondary N) is 2. The molecular formula is C25H39N3O3. The van der Waals surface area contributed by atoms with Crippen LogP contribution in [0, 0.1) is 0 Å². The molecule has 2 aromatic rings. The van der Waals surface area contributed by atoms with E-state index in [0.29, 0.717) is 23.0 Å². The van der Waals surface area contributed by atoms with Crippen LogP contribution in [-0.4, -0.2) is 52.8 Å². The Morgan fingerprint density at radius 2 is 1.65 bits per heavy atom. The minimum Gasteiger partial charge on any atom is -0.506 e.